The second kappa shape index (κ2) is 11.3. The molecule has 0 aliphatic rings. The number of hydrogen-bond acceptors (Lipinski definition) is 0. The SMILES string of the molecule is CCC(C)[CH2][Al+2].[Br-].[Br-]. The Balaban J connectivity index is -0.000000125. The first-order chi connectivity index (χ1) is 2.81. The zero-order valence-corrected chi connectivity index (χ0v) is 9.65. The van der Waals surface area contributed by atoms with Gasteiger partial charge in [-0.3, -0.25) is 0 Å². The van der Waals surface area contributed by atoms with Crippen LogP contribution in [0.3, 0.4) is 0 Å². The minimum absolute atomic E-state index is 0. The quantitative estimate of drug-likeness (QED) is 0.439. The second-order valence-corrected chi connectivity index (χ2v) is 2.22. The minimum atomic E-state index is 0. The molecule has 0 N–H and O–H groups in total. The molecule has 0 aromatic carbocycles. The molecule has 8 heavy (non-hydrogen) atoms. The normalized spacial score (nSPS) is 11.0. The van der Waals surface area contributed by atoms with Crippen LogP contribution in [0.1, 0.15) is 20.3 Å². The molecule has 0 saturated carbocycles. The van der Waals surface area contributed by atoms with Crippen molar-refractivity contribution in [3.05, 3.63) is 0 Å². The Labute approximate surface area is 81.4 Å². The molecule has 1 unspecified atom stereocenters. The van der Waals surface area contributed by atoms with Gasteiger partial charge in [0, 0.05) is 0 Å². The molecule has 0 spiro atoms. The third kappa shape index (κ3) is 10.5. The van der Waals surface area contributed by atoms with Crippen molar-refractivity contribution in [1.29, 1.82) is 0 Å². The van der Waals surface area contributed by atoms with Crippen molar-refractivity contribution in [2.24, 2.45) is 5.92 Å². The predicted molar refractivity (Wildman–Crippen MR) is 30.0 cm³/mol. The summed E-state index contributed by atoms with van der Waals surface area (Å²) in [6.07, 6.45) is 1.31. The van der Waals surface area contributed by atoms with Gasteiger partial charge in [0.25, 0.3) is 0 Å². The summed E-state index contributed by atoms with van der Waals surface area (Å²) in [7, 11) is 0. The maximum Gasteiger partial charge on any atom is -1.00 e. The van der Waals surface area contributed by atoms with Crippen LogP contribution in [0.25, 0.3) is 0 Å². The topological polar surface area (TPSA) is 0 Å². The fraction of sp³-hybridized carbons (Fsp3) is 1.00. The average Bonchev–Trinajstić information content (AvgIpc) is 1.65. The first-order valence-electron chi connectivity index (χ1n) is 2.51. The maximum atomic E-state index is 2.74. The summed E-state index contributed by atoms with van der Waals surface area (Å²) < 4.78 is 0. The van der Waals surface area contributed by atoms with E-state index < -0.39 is 0 Å². The molecule has 0 aromatic rings. The Bertz CT molecular complexity index is 29.6. The van der Waals surface area contributed by atoms with Gasteiger partial charge in [-0.2, -0.15) is 0 Å². The Morgan fingerprint density at radius 3 is 1.75 bits per heavy atom. The summed E-state index contributed by atoms with van der Waals surface area (Å²) >= 11 is 2.74. The molecule has 0 aliphatic heterocycles. The minimum Gasteiger partial charge on any atom is -1.00 e. The number of halogens is 2. The van der Waals surface area contributed by atoms with Crippen molar-refractivity contribution < 1.29 is 34.0 Å². The van der Waals surface area contributed by atoms with E-state index in [0.717, 1.165) is 5.92 Å². The van der Waals surface area contributed by atoms with E-state index in [1.165, 1.54) is 11.7 Å². The monoisotopic (exact) mass is 256 g/mol. The van der Waals surface area contributed by atoms with Crippen LogP contribution in [0.15, 0.2) is 0 Å². The van der Waals surface area contributed by atoms with E-state index in [-0.39, 0.29) is 34.0 Å². The van der Waals surface area contributed by atoms with Gasteiger partial charge in [-0.25, -0.2) is 0 Å². The average molecular weight is 258 g/mol. The molecule has 0 aromatic heterocycles. The van der Waals surface area contributed by atoms with Gasteiger partial charge < -0.3 is 34.0 Å². The van der Waals surface area contributed by atoms with Crippen LogP contribution in [-0.2, 0) is 0 Å². The summed E-state index contributed by atoms with van der Waals surface area (Å²) in [6, 6.07) is 0. The molecular weight excluding hydrogens is 247 g/mol. The smallest absolute Gasteiger partial charge is 1.00 e. The summed E-state index contributed by atoms with van der Waals surface area (Å²) in [6.45, 7) is 4.47. The van der Waals surface area contributed by atoms with Crippen LogP contribution >= 0.6 is 0 Å². The van der Waals surface area contributed by atoms with Crippen LogP contribution in [0.4, 0.5) is 0 Å². The Kier molecular flexibility index (Phi) is 23.0. The molecule has 0 rings (SSSR count). The van der Waals surface area contributed by atoms with Gasteiger partial charge in [0.05, 0.1) is 0 Å². The van der Waals surface area contributed by atoms with Gasteiger partial charge >= 0.3 is 47.8 Å². The van der Waals surface area contributed by atoms with E-state index in [1.54, 1.807) is 0 Å². The fourth-order valence-corrected chi connectivity index (χ4v) is 0.500. The Morgan fingerprint density at radius 1 is 1.38 bits per heavy atom. The van der Waals surface area contributed by atoms with Gasteiger partial charge in [0.1, 0.15) is 0 Å². The first-order valence-corrected chi connectivity index (χ1v) is 3.33. The van der Waals surface area contributed by atoms with E-state index in [0.29, 0.717) is 0 Å². The predicted octanol–water partition coefficient (Wildman–Crippen LogP) is -4.37. The fourth-order valence-electron chi connectivity index (χ4n) is 0.167. The molecule has 0 heterocycles. The second-order valence-electron chi connectivity index (χ2n) is 1.75. The van der Waals surface area contributed by atoms with Crippen molar-refractivity contribution in [3.8, 4) is 0 Å². The van der Waals surface area contributed by atoms with Crippen molar-refractivity contribution in [2.75, 3.05) is 0 Å². The molecule has 48 valence electrons. The first kappa shape index (κ1) is 16.2. The molecule has 0 saturated heterocycles. The van der Waals surface area contributed by atoms with Gasteiger partial charge in [0.2, 0.25) is 0 Å². The molecule has 0 radical (unpaired) electrons. The van der Waals surface area contributed by atoms with Crippen molar-refractivity contribution in [3.63, 3.8) is 0 Å². The van der Waals surface area contributed by atoms with E-state index in [4.69, 9.17) is 0 Å². The van der Waals surface area contributed by atoms with E-state index in [2.05, 4.69) is 30.1 Å². The summed E-state index contributed by atoms with van der Waals surface area (Å²) in [4.78, 5) is 0. The molecule has 0 fully saturated rings. The van der Waals surface area contributed by atoms with E-state index in [1.807, 2.05) is 0 Å². The van der Waals surface area contributed by atoms with Gasteiger partial charge in [-0.1, -0.05) is 0 Å². The van der Waals surface area contributed by atoms with Crippen molar-refractivity contribution in [2.45, 2.75) is 25.6 Å². The van der Waals surface area contributed by atoms with Crippen LogP contribution in [0.5, 0.6) is 0 Å². The molecule has 3 heteroatoms. The van der Waals surface area contributed by atoms with Gasteiger partial charge in [-0.05, 0) is 0 Å². The summed E-state index contributed by atoms with van der Waals surface area (Å²) in [5, 5.41) is 1.25. The third-order valence-corrected chi connectivity index (χ3v) is 1.90. The van der Waals surface area contributed by atoms with Gasteiger partial charge in [0.15, 0.2) is 0 Å². The zero-order valence-electron chi connectivity index (χ0n) is 5.32. The standard InChI is InChI=1S/C5H11.Al.2BrH/c1-4-5(2)3;;;/h5H,2,4H2,1,3H3;;2*1H/q;+2;;/p-2. The third-order valence-electron chi connectivity index (χ3n) is 1.10. The molecule has 0 nitrogen and oxygen atoms in total. The summed E-state index contributed by atoms with van der Waals surface area (Å²) in [5.41, 5.74) is 0. The van der Waals surface area contributed by atoms with Crippen molar-refractivity contribution in [1.82, 2.24) is 0 Å². The van der Waals surface area contributed by atoms with Crippen molar-refractivity contribution >= 4 is 16.3 Å². The molecule has 0 amide bonds. The number of hydrogen-bond donors (Lipinski definition) is 0. The van der Waals surface area contributed by atoms with Crippen LogP contribution in [0.2, 0.25) is 5.28 Å². The Morgan fingerprint density at radius 2 is 1.75 bits per heavy atom. The van der Waals surface area contributed by atoms with E-state index in [9.17, 15) is 0 Å². The molecular formula is C5H11AlBr2. The number of rotatable bonds is 2. The van der Waals surface area contributed by atoms with Crippen LogP contribution in [0, 0.1) is 5.92 Å². The largest absolute Gasteiger partial charge is 1.00 e. The molecule has 0 aliphatic carbocycles. The van der Waals surface area contributed by atoms with Crippen LogP contribution in [-0.4, -0.2) is 16.3 Å². The maximum absolute atomic E-state index is 2.74. The molecule has 0 bridgehead atoms. The summed E-state index contributed by atoms with van der Waals surface area (Å²) in [5.74, 6) is 0.898. The zero-order chi connectivity index (χ0) is 4.99. The van der Waals surface area contributed by atoms with E-state index >= 15 is 0 Å². The Hall–Kier alpha value is 1.49. The van der Waals surface area contributed by atoms with Gasteiger partial charge in [-0.15, -0.1) is 0 Å². The molecule has 1 atom stereocenters. The van der Waals surface area contributed by atoms with Crippen LogP contribution < -0.4 is 34.0 Å².